The van der Waals surface area contributed by atoms with Crippen molar-refractivity contribution in [2.45, 2.75) is 31.9 Å². The second kappa shape index (κ2) is 14.9. The second-order valence-electron chi connectivity index (χ2n) is 9.59. The van der Waals surface area contributed by atoms with E-state index in [0.717, 1.165) is 12.8 Å². The quantitative estimate of drug-likeness (QED) is 0.285. The van der Waals surface area contributed by atoms with Crippen molar-refractivity contribution in [1.82, 2.24) is 10.6 Å². The van der Waals surface area contributed by atoms with E-state index in [1.165, 1.54) is 43.6 Å². The van der Waals surface area contributed by atoms with Gasteiger partial charge in [-0.1, -0.05) is 6.07 Å². The van der Waals surface area contributed by atoms with Gasteiger partial charge in [-0.15, -0.1) is 0 Å². The van der Waals surface area contributed by atoms with Crippen molar-refractivity contribution in [3.05, 3.63) is 77.7 Å². The highest BCUT2D eigenvalue weighted by Gasteiger charge is 2.34. The molecule has 1 aromatic heterocycles. The monoisotopic (exact) mass is 593 g/mol. The number of methoxy groups -OCH3 is 2. The van der Waals surface area contributed by atoms with Crippen LogP contribution in [0.25, 0.3) is 0 Å². The molecule has 0 unspecified atom stereocenters. The number of nitrogens with one attached hydrogen (secondary N) is 2. The van der Waals surface area contributed by atoms with E-state index in [0.29, 0.717) is 29.4 Å². The van der Waals surface area contributed by atoms with Crippen LogP contribution in [0.3, 0.4) is 0 Å². The zero-order chi connectivity index (χ0) is 30.8. The lowest BCUT2D eigenvalue weighted by molar-refractivity contribution is -0.126. The van der Waals surface area contributed by atoms with Gasteiger partial charge in [-0.3, -0.25) is 19.3 Å². The molecule has 0 bridgehead atoms. The Morgan fingerprint density at radius 2 is 1.77 bits per heavy atom. The third-order valence-electron chi connectivity index (χ3n) is 6.83. The maximum atomic E-state index is 13.9. The molecule has 2 heterocycles. The van der Waals surface area contributed by atoms with E-state index in [9.17, 15) is 19.2 Å². The van der Waals surface area contributed by atoms with E-state index in [1.807, 2.05) is 0 Å². The zero-order valence-electron chi connectivity index (χ0n) is 24.3. The highest BCUT2D eigenvalue weighted by Crippen LogP contribution is 2.34. The molecule has 0 radical (unpaired) electrons. The number of nitrogens with zero attached hydrogens (tertiary/aromatic N) is 1. The Balaban J connectivity index is 1.73. The molecule has 2 atom stereocenters. The van der Waals surface area contributed by atoms with Crippen molar-refractivity contribution in [2.24, 2.45) is 0 Å². The average Bonchev–Trinajstić information content (AvgIpc) is 3.76. The minimum Gasteiger partial charge on any atom is -0.493 e. The first kappa shape index (κ1) is 31.1. The summed E-state index contributed by atoms with van der Waals surface area (Å²) in [7, 11) is 2.96. The van der Waals surface area contributed by atoms with Gasteiger partial charge in [0.25, 0.3) is 5.91 Å². The fourth-order valence-corrected chi connectivity index (χ4v) is 4.70. The van der Waals surface area contributed by atoms with E-state index < -0.39 is 36.3 Å². The van der Waals surface area contributed by atoms with Crippen molar-refractivity contribution in [3.8, 4) is 11.5 Å². The van der Waals surface area contributed by atoms with Crippen LogP contribution in [0.1, 0.15) is 52.3 Å². The van der Waals surface area contributed by atoms with Gasteiger partial charge in [0.15, 0.2) is 17.3 Å². The van der Waals surface area contributed by atoms with Crippen molar-refractivity contribution < 1.29 is 42.5 Å². The number of rotatable bonds is 13. The van der Waals surface area contributed by atoms with Crippen LogP contribution >= 0.6 is 0 Å². The smallest absolute Gasteiger partial charge is 0.338 e. The topological polar surface area (TPSA) is 146 Å². The molecule has 0 saturated carbocycles. The van der Waals surface area contributed by atoms with Crippen LogP contribution in [0.4, 0.5) is 5.69 Å². The normalized spacial score (nSPS) is 14.8. The lowest BCUT2D eigenvalue weighted by atomic mass is 10.0. The van der Waals surface area contributed by atoms with Crippen LogP contribution in [0, 0.1) is 0 Å². The summed E-state index contributed by atoms with van der Waals surface area (Å²) in [6.45, 7) is 2.32. The summed E-state index contributed by atoms with van der Waals surface area (Å²) in [6, 6.07) is 12.8. The Morgan fingerprint density at radius 3 is 2.40 bits per heavy atom. The molecule has 43 heavy (non-hydrogen) atoms. The fraction of sp³-hybridized carbons (Fsp3) is 0.355. The molecule has 3 amide bonds. The SMILES string of the molecule is CCOC(=O)c1ccc(N(C(=O)CNC(=O)c2ccco2)[C@@H](C(=O)NC[C@H]2CCCO2)c2ccc(OC)c(OC)c2)cc1. The predicted molar refractivity (Wildman–Crippen MR) is 155 cm³/mol. The highest BCUT2D eigenvalue weighted by molar-refractivity contribution is 6.04. The average molecular weight is 594 g/mol. The van der Waals surface area contributed by atoms with E-state index in [1.54, 1.807) is 43.3 Å². The molecule has 0 aliphatic carbocycles. The molecule has 1 aliphatic heterocycles. The van der Waals surface area contributed by atoms with Crippen LogP contribution < -0.4 is 25.0 Å². The largest absolute Gasteiger partial charge is 0.493 e. The van der Waals surface area contributed by atoms with Gasteiger partial charge in [0, 0.05) is 18.8 Å². The Hall–Kier alpha value is -4.84. The number of hydrogen-bond donors (Lipinski definition) is 2. The van der Waals surface area contributed by atoms with E-state index >= 15 is 0 Å². The maximum absolute atomic E-state index is 13.9. The zero-order valence-corrected chi connectivity index (χ0v) is 24.3. The minimum absolute atomic E-state index is 0.0314. The Bertz CT molecular complexity index is 1400. The molecule has 1 aliphatic rings. The number of amides is 3. The number of anilines is 1. The standard InChI is InChI=1S/C31H35N3O9/c1-4-41-31(38)20-9-12-22(13-10-20)34(27(35)19-33-29(36)25-8-6-16-43-25)28(30(37)32-18-23-7-5-15-42-23)21-11-14-24(39-2)26(17-21)40-3/h6,8-14,16-17,23,28H,4-5,7,15,18-19H2,1-3H3,(H,32,37)(H,33,36)/t23-,28-/m1/s1. The maximum Gasteiger partial charge on any atom is 0.338 e. The second-order valence-corrected chi connectivity index (χ2v) is 9.59. The molecule has 12 heteroatoms. The highest BCUT2D eigenvalue weighted by atomic mass is 16.5. The number of furan rings is 1. The molecular formula is C31H35N3O9. The number of esters is 1. The molecule has 2 N–H and O–H groups in total. The Kier molecular flexibility index (Phi) is 10.8. The number of carbonyl (C=O) groups is 4. The molecule has 3 aromatic rings. The van der Waals surface area contributed by atoms with Crippen LogP contribution in [0.15, 0.2) is 65.3 Å². The van der Waals surface area contributed by atoms with E-state index in [4.69, 9.17) is 23.4 Å². The van der Waals surface area contributed by atoms with Gasteiger partial charge in [-0.2, -0.15) is 0 Å². The van der Waals surface area contributed by atoms with Crippen molar-refractivity contribution in [1.29, 1.82) is 0 Å². The molecule has 228 valence electrons. The summed E-state index contributed by atoms with van der Waals surface area (Å²) >= 11 is 0. The van der Waals surface area contributed by atoms with Gasteiger partial charge in [-0.25, -0.2) is 4.79 Å². The molecular weight excluding hydrogens is 558 g/mol. The predicted octanol–water partition coefficient (Wildman–Crippen LogP) is 3.27. The van der Waals surface area contributed by atoms with Gasteiger partial charge in [-0.05, 0) is 73.9 Å². The van der Waals surface area contributed by atoms with Crippen molar-refractivity contribution in [3.63, 3.8) is 0 Å². The molecule has 1 saturated heterocycles. The first-order chi connectivity index (χ1) is 20.9. The third kappa shape index (κ3) is 7.72. The number of benzene rings is 2. The summed E-state index contributed by atoms with van der Waals surface area (Å²) in [6.07, 6.45) is 2.90. The summed E-state index contributed by atoms with van der Waals surface area (Å²) in [5, 5.41) is 5.47. The Labute approximate surface area is 249 Å². The van der Waals surface area contributed by atoms with Crippen LogP contribution in [-0.4, -0.2) is 70.3 Å². The van der Waals surface area contributed by atoms with Gasteiger partial charge in [0.05, 0.1) is 45.3 Å². The minimum atomic E-state index is -1.21. The first-order valence-electron chi connectivity index (χ1n) is 13.9. The fourth-order valence-electron chi connectivity index (χ4n) is 4.70. The number of ether oxygens (including phenoxy) is 4. The van der Waals surface area contributed by atoms with Crippen LogP contribution in [0.5, 0.6) is 11.5 Å². The summed E-state index contributed by atoms with van der Waals surface area (Å²) in [4.78, 5) is 54.0. The van der Waals surface area contributed by atoms with Crippen molar-refractivity contribution in [2.75, 3.05) is 45.4 Å². The van der Waals surface area contributed by atoms with Crippen molar-refractivity contribution >= 4 is 29.4 Å². The summed E-state index contributed by atoms with van der Waals surface area (Å²) in [5.74, 6) is -1.38. The molecule has 0 spiro atoms. The van der Waals surface area contributed by atoms with Gasteiger partial charge in [0.1, 0.15) is 6.04 Å². The Morgan fingerprint density at radius 1 is 1.00 bits per heavy atom. The van der Waals surface area contributed by atoms with E-state index in [2.05, 4.69) is 10.6 Å². The number of carbonyl (C=O) groups excluding carboxylic acids is 4. The van der Waals surface area contributed by atoms with Gasteiger partial charge >= 0.3 is 5.97 Å². The molecule has 2 aromatic carbocycles. The summed E-state index contributed by atoms with van der Waals surface area (Å²) in [5.41, 5.74) is 0.995. The van der Waals surface area contributed by atoms with E-state index in [-0.39, 0.29) is 30.6 Å². The van der Waals surface area contributed by atoms with Gasteiger partial charge in [0.2, 0.25) is 11.8 Å². The van der Waals surface area contributed by atoms with Gasteiger partial charge < -0.3 is 34.0 Å². The third-order valence-corrected chi connectivity index (χ3v) is 6.83. The van der Waals surface area contributed by atoms with Crippen LogP contribution in [-0.2, 0) is 19.1 Å². The van der Waals surface area contributed by atoms with Crippen LogP contribution in [0.2, 0.25) is 0 Å². The summed E-state index contributed by atoms with van der Waals surface area (Å²) < 4.78 is 26.7. The first-order valence-corrected chi connectivity index (χ1v) is 13.9. The molecule has 12 nitrogen and oxygen atoms in total. The lowest BCUT2D eigenvalue weighted by Crippen LogP contribution is -2.48. The molecule has 4 rings (SSSR count). The lowest BCUT2D eigenvalue weighted by Gasteiger charge is -2.32. The molecule has 1 fully saturated rings. The number of hydrogen-bond acceptors (Lipinski definition) is 9.